The summed E-state index contributed by atoms with van der Waals surface area (Å²) in [5.74, 6) is -2.47. The summed E-state index contributed by atoms with van der Waals surface area (Å²) in [6.07, 6.45) is -1.14. The molecule has 1 fully saturated rings. The van der Waals surface area contributed by atoms with Crippen molar-refractivity contribution in [3.63, 3.8) is 0 Å². The third kappa shape index (κ3) is 4.01. The van der Waals surface area contributed by atoms with Gasteiger partial charge in [0.1, 0.15) is 12.0 Å². The molecule has 3 unspecified atom stereocenters. The number of amides is 2. The lowest BCUT2D eigenvalue weighted by molar-refractivity contribution is -0.171. The molecule has 146 valence electrons. The molecule has 7 heteroatoms. The summed E-state index contributed by atoms with van der Waals surface area (Å²) in [6.45, 7) is 4.00. The minimum atomic E-state index is -4.49. The van der Waals surface area contributed by atoms with Crippen molar-refractivity contribution in [3.05, 3.63) is 40.5 Å². The maximum absolute atomic E-state index is 12.8. The number of carbonyl (C=O) groups is 2. The van der Waals surface area contributed by atoms with E-state index in [1.165, 1.54) is 0 Å². The van der Waals surface area contributed by atoms with Gasteiger partial charge in [-0.05, 0) is 42.9 Å². The van der Waals surface area contributed by atoms with Crippen LogP contribution in [0.5, 0.6) is 0 Å². The number of fused-ring (bicyclic) bond motifs is 1. The standard InChI is InChI=1S/C20H23F3N2O2/c1-3-4-13-10-12-6-5-11(2)9-15(12)17(13)25-19(27)14-7-8-16(20(21,22)23)24-18(14)26/h5-6,9-10,14,16-17H,3-4,7-8H2,1-2H3,(H,24,26)(H,25,27). The molecule has 27 heavy (non-hydrogen) atoms. The van der Waals surface area contributed by atoms with E-state index in [1.807, 2.05) is 43.4 Å². The van der Waals surface area contributed by atoms with E-state index in [9.17, 15) is 22.8 Å². The van der Waals surface area contributed by atoms with Gasteiger partial charge in [-0.25, -0.2) is 0 Å². The van der Waals surface area contributed by atoms with Crippen LogP contribution in [-0.2, 0) is 9.59 Å². The Hall–Kier alpha value is -2.31. The van der Waals surface area contributed by atoms with E-state index >= 15 is 0 Å². The fraction of sp³-hybridized carbons (Fsp3) is 0.500. The maximum Gasteiger partial charge on any atom is 0.408 e. The van der Waals surface area contributed by atoms with Crippen molar-refractivity contribution < 1.29 is 22.8 Å². The number of nitrogens with one attached hydrogen (secondary N) is 2. The number of hydrogen-bond acceptors (Lipinski definition) is 2. The molecular weight excluding hydrogens is 357 g/mol. The monoisotopic (exact) mass is 380 g/mol. The third-order valence-corrected chi connectivity index (χ3v) is 5.18. The molecule has 0 saturated carbocycles. The van der Waals surface area contributed by atoms with Gasteiger partial charge in [-0.2, -0.15) is 13.2 Å². The number of piperidine rings is 1. The molecule has 1 heterocycles. The highest BCUT2D eigenvalue weighted by Crippen LogP contribution is 2.38. The van der Waals surface area contributed by atoms with Crippen molar-refractivity contribution in [1.82, 2.24) is 10.6 Å². The quantitative estimate of drug-likeness (QED) is 0.781. The van der Waals surface area contributed by atoms with E-state index in [0.717, 1.165) is 35.1 Å². The molecule has 1 aromatic rings. The summed E-state index contributed by atoms with van der Waals surface area (Å²) < 4.78 is 38.4. The van der Waals surface area contributed by atoms with Crippen LogP contribution >= 0.6 is 0 Å². The second kappa shape index (κ2) is 7.37. The van der Waals surface area contributed by atoms with Crippen LogP contribution in [0.15, 0.2) is 23.8 Å². The molecule has 2 aliphatic rings. The normalized spacial score (nSPS) is 24.9. The van der Waals surface area contributed by atoms with Gasteiger partial charge in [0.2, 0.25) is 11.8 Å². The molecule has 1 aliphatic heterocycles. The molecule has 2 N–H and O–H groups in total. The number of halogens is 3. The first-order valence-corrected chi connectivity index (χ1v) is 9.19. The molecule has 0 spiro atoms. The lowest BCUT2D eigenvalue weighted by Gasteiger charge is -2.30. The van der Waals surface area contributed by atoms with Crippen molar-refractivity contribution in [3.8, 4) is 0 Å². The Morgan fingerprint density at radius 3 is 2.67 bits per heavy atom. The molecule has 2 amide bonds. The van der Waals surface area contributed by atoms with Crippen molar-refractivity contribution in [1.29, 1.82) is 0 Å². The van der Waals surface area contributed by atoms with Crippen LogP contribution in [0.3, 0.4) is 0 Å². The van der Waals surface area contributed by atoms with Gasteiger partial charge in [-0.3, -0.25) is 9.59 Å². The third-order valence-electron chi connectivity index (χ3n) is 5.18. The molecule has 3 atom stereocenters. The highest BCUT2D eigenvalue weighted by Gasteiger charge is 2.46. The lowest BCUT2D eigenvalue weighted by Crippen LogP contribution is -2.54. The smallest absolute Gasteiger partial charge is 0.345 e. The first kappa shape index (κ1) is 19.5. The predicted molar refractivity (Wildman–Crippen MR) is 95.7 cm³/mol. The van der Waals surface area contributed by atoms with Gasteiger partial charge in [0.05, 0.1) is 6.04 Å². The van der Waals surface area contributed by atoms with E-state index in [0.29, 0.717) is 0 Å². The molecule has 0 radical (unpaired) electrons. The highest BCUT2D eigenvalue weighted by molar-refractivity contribution is 6.01. The molecule has 1 saturated heterocycles. The van der Waals surface area contributed by atoms with Crippen molar-refractivity contribution in [2.45, 2.75) is 57.8 Å². The van der Waals surface area contributed by atoms with Gasteiger partial charge in [0.25, 0.3) is 0 Å². The van der Waals surface area contributed by atoms with Gasteiger partial charge in [-0.1, -0.05) is 43.2 Å². The van der Waals surface area contributed by atoms with Crippen LogP contribution in [0.25, 0.3) is 6.08 Å². The molecule has 3 rings (SSSR count). The lowest BCUT2D eigenvalue weighted by atomic mass is 9.91. The summed E-state index contributed by atoms with van der Waals surface area (Å²) in [5, 5.41) is 4.84. The number of alkyl halides is 3. The Morgan fingerprint density at radius 2 is 2.04 bits per heavy atom. The predicted octanol–water partition coefficient (Wildman–Crippen LogP) is 3.81. The second-order valence-electron chi connectivity index (χ2n) is 7.28. The van der Waals surface area contributed by atoms with Crippen LogP contribution in [0.4, 0.5) is 13.2 Å². The first-order valence-electron chi connectivity index (χ1n) is 9.19. The second-order valence-corrected chi connectivity index (χ2v) is 7.28. The highest BCUT2D eigenvalue weighted by atomic mass is 19.4. The average molecular weight is 380 g/mol. The average Bonchev–Trinajstić information content (AvgIpc) is 2.91. The zero-order valence-electron chi connectivity index (χ0n) is 15.3. The van der Waals surface area contributed by atoms with E-state index in [1.54, 1.807) is 0 Å². The minimum Gasteiger partial charge on any atom is -0.345 e. The van der Waals surface area contributed by atoms with E-state index < -0.39 is 30.0 Å². The maximum atomic E-state index is 12.8. The fourth-order valence-electron chi connectivity index (χ4n) is 3.78. The Bertz CT molecular complexity index is 786. The largest absolute Gasteiger partial charge is 0.408 e. The number of rotatable bonds is 4. The zero-order chi connectivity index (χ0) is 19.8. The van der Waals surface area contributed by atoms with Gasteiger partial charge < -0.3 is 10.6 Å². The Labute approximate surface area is 156 Å². The number of aryl methyl sites for hydroxylation is 1. The Morgan fingerprint density at radius 1 is 1.30 bits per heavy atom. The molecule has 1 aliphatic carbocycles. The van der Waals surface area contributed by atoms with Crippen LogP contribution in [-0.4, -0.2) is 24.0 Å². The topological polar surface area (TPSA) is 58.2 Å². The summed E-state index contributed by atoms with van der Waals surface area (Å²) in [7, 11) is 0. The molecule has 0 aromatic heterocycles. The van der Waals surface area contributed by atoms with Gasteiger partial charge in [-0.15, -0.1) is 0 Å². The summed E-state index contributed by atoms with van der Waals surface area (Å²) in [4.78, 5) is 24.8. The van der Waals surface area contributed by atoms with Gasteiger partial charge in [0, 0.05) is 0 Å². The van der Waals surface area contributed by atoms with Crippen molar-refractivity contribution >= 4 is 17.9 Å². The molecule has 1 aromatic carbocycles. The summed E-state index contributed by atoms with van der Waals surface area (Å²) >= 11 is 0. The SMILES string of the molecule is CCCC1=Cc2ccc(C)cc2C1NC(=O)C1CCC(C(F)(F)F)NC1=O. The van der Waals surface area contributed by atoms with Crippen molar-refractivity contribution in [2.75, 3.05) is 0 Å². The molecular formula is C20H23F3N2O2. The Kier molecular flexibility index (Phi) is 5.31. The van der Waals surface area contributed by atoms with E-state index in [2.05, 4.69) is 5.32 Å². The van der Waals surface area contributed by atoms with Crippen LogP contribution in [0.1, 0.15) is 55.3 Å². The van der Waals surface area contributed by atoms with E-state index in [4.69, 9.17) is 0 Å². The molecule has 0 bridgehead atoms. The summed E-state index contributed by atoms with van der Waals surface area (Å²) in [6, 6.07) is 3.78. The number of benzene rings is 1. The minimum absolute atomic E-state index is 0.109. The van der Waals surface area contributed by atoms with Crippen LogP contribution < -0.4 is 10.6 Å². The Balaban J connectivity index is 1.75. The molecule has 4 nitrogen and oxygen atoms in total. The zero-order valence-corrected chi connectivity index (χ0v) is 15.3. The first-order chi connectivity index (χ1) is 12.7. The number of hydrogen-bond donors (Lipinski definition) is 2. The van der Waals surface area contributed by atoms with Gasteiger partial charge in [0.15, 0.2) is 0 Å². The van der Waals surface area contributed by atoms with E-state index in [-0.39, 0.29) is 18.9 Å². The summed E-state index contributed by atoms with van der Waals surface area (Å²) in [5.41, 5.74) is 4.11. The van der Waals surface area contributed by atoms with Crippen LogP contribution in [0, 0.1) is 12.8 Å². The fourth-order valence-corrected chi connectivity index (χ4v) is 3.78. The van der Waals surface area contributed by atoms with Crippen molar-refractivity contribution in [2.24, 2.45) is 5.92 Å². The van der Waals surface area contributed by atoms with Gasteiger partial charge >= 0.3 is 6.18 Å². The number of carbonyl (C=O) groups excluding carboxylic acids is 2. The van der Waals surface area contributed by atoms with Crippen LogP contribution in [0.2, 0.25) is 0 Å².